The molecule has 2 aromatic carbocycles. The number of hydrogen-bond donors (Lipinski definition) is 1. The number of aromatic nitrogens is 2. The molecule has 4 nitrogen and oxygen atoms in total. The van der Waals surface area contributed by atoms with Crippen LogP contribution in [0.3, 0.4) is 0 Å². The minimum Gasteiger partial charge on any atom is -0.497 e. The summed E-state index contributed by atoms with van der Waals surface area (Å²) in [5.41, 5.74) is 2.33. The molecule has 3 rings (SSSR count). The monoisotopic (exact) mass is 373 g/mol. The smallest absolute Gasteiger partial charge is 0.416 e. The van der Waals surface area contributed by atoms with Crippen molar-refractivity contribution in [1.29, 1.82) is 0 Å². The van der Waals surface area contributed by atoms with Crippen LogP contribution in [0.4, 0.5) is 24.7 Å². The Morgan fingerprint density at radius 1 is 1.04 bits per heavy atom. The van der Waals surface area contributed by atoms with Crippen LogP contribution in [0.25, 0.3) is 11.3 Å². The molecule has 0 unspecified atom stereocenters. The summed E-state index contributed by atoms with van der Waals surface area (Å²) in [6.45, 7) is 1.97. The van der Waals surface area contributed by atoms with Crippen LogP contribution in [0.1, 0.15) is 18.1 Å². The molecule has 1 N–H and O–H groups in total. The first-order valence-electron chi connectivity index (χ1n) is 8.35. The van der Waals surface area contributed by atoms with Crippen LogP contribution in [0.15, 0.2) is 54.9 Å². The molecule has 0 aliphatic rings. The Morgan fingerprint density at radius 3 is 2.41 bits per heavy atom. The Bertz CT molecular complexity index is 925. The average molecular weight is 373 g/mol. The number of alkyl halides is 3. The fourth-order valence-electron chi connectivity index (χ4n) is 2.75. The maximum atomic E-state index is 12.7. The summed E-state index contributed by atoms with van der Waals surface area (Å²) in [5.74, 6) is 1.27. The lowest BCUT2D eigenvalue weighted by atomic mass is 10.0. The van der Waals surface area contributed by atoms with Gasteiger partial charge >= 0.3 is 6.18 Å². The summed E-state index contributed by atoms with van der Waals surface area (Å²) in [4.78, 5) is 8.66. The van der Waals surface area contributed by atoms with Crippen molar-refractivity contribution >= 4 is 11.5 Å². The van der Waals surface area contributed by atoms with Crippen molar-refractivity contribution in [2.24, 2.45) is 0 Å². The summed E-state index contributed by atoms with van der Waals surface area (Å²) in [6, 6.07) is 12.4. The molecular formula is C20H18F3N3O. The molecule has 0 radical (unpaired) electrons. The largest absolute Gasteiger partial charge is 0.497 e. The van der Waals surface area contributed by atoms with E-state index in [4.69, 9.17) is 4.74 Å². The van der Waals surface area contributed by atoms with Gasteiger partial charge in [-0.2, -0.15) is 13.2 Å². The summed E-state index contributed by atoms with van der Waals surface area (Å²) in [5, 5.41) is 3.09. The second kappa shape index (κ2) is 7.65. The van der Waals surface area contributed by atoms with Gasteiger partial charge in [0.05, 0.1) is 18.4 Å². The number of anilines is 2. The highest BCUT2D eigenvalue weighted by molar-refractivity contribution is 5.72. The van der Waals surface area contributed by atoms with Gasteiger partial charge in [0.15, 0.2) is 0 Å². The first kappa shape index (κ1) is 18.7. The molecule has 1 heterocycles. The first-order chi connectivity index (χ1) is 12.9. The van der Waals surface area contributed by atoms with Crippen LogP contribution < -0.4 is 10.1 Å². The van der Waals surface area contributed by atoms with E-state index in [9.17, 15) is 13.2 Å². The standard InChI is InChI=1S/C20H18F3N3O/c1-3-17-18(13-5-4-6-16(11-13)27-2)24-12-25-19(17)26-15-9-7-14(8-10-15)20(21,22)23/h4-12H,3H2,1-2H3,(H,24,25,26). The van der Waals surface area contributed by atoms with E-state index in [-0.39, 0.29) is 0 Å². The molecule has 0 fully saturated rings. The summed E-state index contributed by atoms with van der Waals surface area (Å²) in [6.07, 6.45) is -2.28. The SMILES string of the molecule is CCc1c(Nc2ccc(C(F)(F)F)cc2)ncnc1-c1cccc(OC)c1. The van der Waals surface area contributed by atoms with E-state index in [1.165, 1.54) is 18.5 Å². The van der Waals surface area contributed by atoms with Crippen molar-refractivity contribution < 1.29 is 17.9 Å². The molecule has 0 spiro atoms. The molecule has 0 saturated carbocycles. The van der Waals surface area contributed by atoms with E-state index in [0.29, 0.717) is 23.7 Å². The van der Waals surface area contributed by atoms with Gasteiger partial charge < -0.3 is 10.1 Å². The van der Waals surface area contributed by atoms with Gasteiger partial charge in [-0.05, 0) is 42.8 Å². The number of nitrogens with one attached hydrogen (secondary N) is 1. The summed E-state index contributed by atoms with van der Waals surface area (Å²) < 4.78 is 43.4. The first-order valence-corrected chi connectivity index (χ1v) is 8.35. The summed E-state index contributed by atoms with van der Waals surface area (Å²) >= 11 is 0. The molecular weight excluding hydrogens is 355 g/mol. The molecule has 140 valence electrons. The highest BCUT2D eigenvalue weighted by Gasteiger charge is 2.30. The minimum absolute atomic E-state index is 0.521. The van der Waals surface area contributed by atoms with E-state index >= 15 is 0 Å². The van der Waals surface area contributed by atoms with Crippen molar-refractivity contribution in [3.05, 3.63) is 66.0 Å². The molecule has 0 saturated heterocycles. The lowest BCUT2D eigenvalue weighted by Gasteiger charge is -2.14. The van der Waals surface area contributed by atoms with Crippen LogP contribution >= 0.6 is 0 Å². The number of rotatable bonds is 5. The van der Waals surface area contributed by atoms with Crippen molar-refractivity contribution in [2.75, 3.05) is 12.4 Å². The number of nitrogens with zero attached hydrogens (tertiary/aromatic N) is 2. The van der Waals surface area contributed by atoms with E-state index in [1.807, 2.05) is 31.2 Å². The quantitative estimate of drug-likeness (QED) is 0.644. The molecule has 0 atom stereocenters. The lowest BCUT2D eigenvalue weighted by molar-refractivity contribution is -0.137. The zero-order valence-electron chi connectivity index (χ0n) is 14.8. The number of ether oxygens (including phenoxy) is 1. The highest BCUT2D eigenvalue weighted by Crippen LogP contribution is 2.32. The van der Waals surface area contributed by atoms with Gasteiger partial charge in [-0.3, -0.25) is 0 Å². The third-order valence-electron chi connectivity index (χ3n) is 4.12. The van der Waals surface area contributed by atoms with Gasteiger partial charge in [0.1, 0.15) is 17.9 Å². The molecule has 3 aromatic rings. The average Bonchev–Trinajstić information content (AvgIpc) is 2.67. The Morgan fingerprint density at radius 2 is 1.78 bits per heavy atom. The van der Waals surface area contributed by atoms with Gasteiger partial charge in [0.25, 0.3) is 0 Å². The molecule has 1 aromatic heterocycles. The Hall–Kier alpha value is -3.09. The molecule has 27 heavy (non-hydrogen) atoms. The fraction of sp³-hybridized carbons (Fsp3) is 0.200. The van der Waals surface area contributed by atoms with Crippen molar-refractivity contribution in [3.63, 3.8) is 0 Å². The predicted molar refractivity (Wildman–Crippen MR) is 98.1 cm³/mol. The number of methoxy groups -OCH3 is 1. The van der Waals surface area contributed by atoms with Crippen LogP contribution in [-0.4, -0.2) is 17.1 Å². The zero-order chi connectivity index (χ0) is 19.4. The van der Waals surface area contributed by atoms with Crippen LogP contribution in [-0.2, 0) is 12.6 Å². The molecule has 0 aliphatic carbocycles. The molecule has 0 bridgehead atoms. The number of benzene rings is 2. The minimum atomic E-state index is -4.36. The Kier molecular flexibility index (Phi) is 5.30. The van der Waals surface area contributed by atoms with Crippen LogP contribution in [0, 0.1) is 0 Å². The van der Waals surface area contributed by atoms with Crippen LogP contribution in [0.5, 0.6) is 5.75 Å². The molecule has 7 heteroatoms. The van der Waals surface area contributed by atoms with Crippen molar-refractivity contribution in [2.45, 2.75) is 19.5 Å². The highest BCUT2D eigenvalue weighted by atomic mass is 19.4. The normalized spacial score (nSPS) is 11.3. The van der Waals surface area contributed by atoms with E-state index in [0.717, 1.165) is 29.0 Å². The van der Waals surface area contributed by atoms with E-state index < -0.39 is 11.7 Å². The van der Waals surface area contributed by atoms with E-state index in [2.05, 4.69) is 15.3 Å². The van der Waals surface area contributed by atoms with Crippen molar-refractivity contribution in [3.8, 4) is 17.0 Å². The summed E-state index contributed by atoms with van der Waals surface area (Å²) in [7, 11) is 1.59. The maximum absolute atomic E-state index is 12.7. The zero-order valence-corrected chi connectivity index (χ0v) is 14.8. The second-order valence-corrected chi connectivity index (χ2v) is 5.84. The van der Waals surface area contributed by atoms with Gasteiger partial charge in [0, 0.05) is 16.8 Å². The van der Waals surface area contributed by atoms with Gasteiger partial charge in [-0.1, -0.05) is 19.1 Å². The fourth-order valence-corrected chi connectivity index (χ4v) is 2.75. The third-order valence-corrected chi connectivity index (χ3v) is 4.12. The van der Waals surface area contributed by atoms with Gasteiger partial charge in [-0.15, -0.1) is 0 Å². The second-order valence-electron chi connectivity index (χ2n) is 5.84. The Labute approximate surface area is 155 Å². The molecule has 0 aliphatic heterocycles. The Balaban J connectivity index is 1.94. The van der Waals surface area contributed by atoms with E-state index in [1.54, 1.807) is 7.11 Å². The van der Waals surface area contributed by atoms with Crippen LogP contribution in [0.2, 0.25) is 0 Å². The lowest BCUT2D eigenvalue weighted by Crippen LogP contribution is -2.05. The number of halogens is 3. The van der Waals surface area contributed by atoms with Gasteiger partial charge in [0.2, 0.25) is 0 Å². The van der Waals surface area contributed by atoms with Crippen molar-refractivity contribution in [1.82, 2.24) is 9.97 Å². The topological polar surface area (TPSA) is 47.0 Å². The molecule has 0 amide bonds. The third kappa shape index (κ3) is 4.19. The maximum Gasteiger partial charge on any atom is 0.416 e. The number of hydrogen-bond acceptors (Lipinski definition) is 4. The van der Waals surface area contributed by atoms with Gasteiger partial charge in [-0.25, -0.2) is 9.97 Å². The predicted octanol–water partition coefficient (Wildman–Crippen LogP) is 5.48.